The van der Waals surface area contributed by atoms with Gasteiger partial charge in [0.15, 0.2) is 5.41 Å². The Labute approximate surface area is 125 Å². The second kappa shape index (κ2) is 6.45. The highest BCUT2D eigenvalue weighted by molar-refractivity contribution is 6.03. The predicted molar refractivity (Wildman–Crippen MR) is 76.7 cm³/mol. The van der Waals surface area contributed by atoms with Crippen LogP contribution in [0.5, 0.6) is 0 Å². The zero-order valence-corrected chi connectivity index (χ0v) is 13.9. The molecule has 0 spiro atoms. The summed E-state index contributed by atoms with van der Waals surface area (Å²) >= 11 is 0. The Morgan fingerprint density at radius 1 is 0.857 bits per heavy atom. The lowest BCUT2D eigenvalue weighted by atomic mass is 9.81. The summed E-state index contributed by atoms with van der Waals surface area (Å²) in [7, 11) is 0. The van der Waals surface area contributed by atoms with Crippen LogP contribution >= 0.6 is 0 Å². The maximum Gasteiger partial charge on any atom is 0.324 e. The van der Waals surface area contributed by atoms with Crippen molar-refractivity contribution in [3.8, 4) is 0 Å². The Kier molecular flexibility index (Phi) is 5.96. The van der Waals surface area contributed by atoms with Gasteiger partial charge in [-0.25, -0.2) is 0 Å². The van der Waals surface area contributed by atoms with Crippen molar-refractivity contribution in [3.05, 3.63) is 0 Å². The van der Waals surface area contributed by atoms with E-state index >= 15 is 0 Å². The Bertz CT molecular complexity index is 383. The Hall–Kier alpha value is -1.59. The first kappa shape index (κ1) is 19.4. The van der Waals surface area contributed by atoms with Crippen LogP contribution in [0, 0.1) is 5.41 Å². The third-order valence-electron chi connectivity index (χ3n) is 2.64. The van der Waals surface area contributed by atoms with E-state index in [9.17, 15) is 14.4 Å². The van der Waals surface area contributed by atoms with Crippen LogP contribution < -0.4 is 0 Å². The van der Waals surface area contributed by atoms with E-state index in [1.165, 1.54) is 0 Å². The number of hydrogen-bond donors (Lipinski definition) is 1. The fraction of sp³-hybridized carbons (Fsp3) is 0.800. The average molecular weight is 302 g/mol. The molecule has 0 aromatic heterocycles. The molecule has 122 valence electrons. The monoisotopic (exact) mass is 302 g/mol. The van der Waals surface area contributed by atoms with Gasteiger partial charge < -0.3 is 14.6 Å². The average Bonchev–Trinajstić information content (AvgIpc) is 2.20. The molecule has 0 aliphatic carbocycles. The van der Waals surface area contributed by atoms with Gasteiger partial charge in [0.1, 0.15) is 11.2 Å². The third-order valence-corrected chi connectivity index (χ3v) is 2.64. The molecule has 1 N–H and O–H groups in total. The number of aliphatic carboxylic acids is 1. The molecule has 6 heteroatoms. The maximum atomic E-state index is 12.4. The van der Waals surface area contributed by atoms with Gasteiger partial charge in [0.25, 0.3) is 0 Å². The van der Waals surface area contributed by atoms with Crippen molar-refractivity contribution < 1.29 is 29.0 Å². The first-order valence-corrected chi connectivity index (χ1v) is 6.92. The SMILES string of the molecule is CCC(CC(=O)O)(C(=O)OC(C)(C)C)C(=O)OC(C)(C)C. The Morgan fingerprint density at radius 2 is 1.19 bits per heavy atom. The van der Waals surface area contributed by atoms with Crippen LogP contribution in [0.15, 0.2) is 0 Å². The summed E-state index contributed by atoms with van der Waals surface area (Å²) in [4.78, 5) is 35.9. The third kappa shape index (κ3) is 6.14. The van der Waals surface area contributed by atoms with Gasteiger partial charge in [-0.2, -0.15) is 0 Å². The highest BCUT2D eigenvalue weighted by atomic mass is 16.6. The van der Waals surface area contributed by atoms with E-state index in [2.05, 4.69) is 0 Å². The summed E-state index contributed by atoms with van der Waals surface area (Å²) in [5.41, 5.74) is -3.47. The number of carboxylic acids is 1. The second-order valence-corrected chi connectivity index (χ2v) is 7.01. The quantitative estimate of drug-likeness (QED) is 0.620. The first-order chi connectivity index (χ1) is 9.23. The standard InChI is InChI=1S/C15H26O6/c1-8-15(9-10(16)17,11(18)20-13(2,3)4)12(19)21-14(5,6)7/h8-9H2,1-7H3,(H,16,17). The zero-order valence-electron chi connectivity index (χ0n) is 13.9. The molecular formula is C15H26O6. The molecule has 0 aliphatic heterocycles. The minimum absolute atomic E-state index is 0.0108. The molecule has 0 amide bonds. The highest BCUT2D eigenvalue weighted by Crippen LogP contribution is 2.33. The van der Waals surface area contributed by atoms with E-state index in [-0.39, 0.29) is 6.42 Å². The highest BCUT2D eigenvalue weighted by Gasteiger charge is 2.51. The summed E-state index contributed by atoms with van der Waals surface area (Å²) in [5.74, 6) is -2.99. The number of carbonyl (C=O) groups excluding carboxylic acids is 2. The van der Waals surface area contributed by atoms with Gasteiger partial charge in [0, 0.05) is 0 Å². The van der Waals surface area contributed by atoms with Crippen LogP contribution in [0.3, 0.4) is 0 Å². The van der Waals surface area contributed by atoms with Crippen LogP contribution in [0.1, 0.15) is 61.3 Å². The largest absolute Gasteiger partial charge is 0.481 e. The van der Waals surface area contributed by atoms with Crippen LogP contribution in [0.4, 0.5) is 0 Å². The van der Waals surface area contributed by atoms with E-state index in [4.69, 9.17) is 14.6 Å². The molecule has 21 heavy (non-hydrogen) atoms. The van der Waals surface area contributed by atoms with Crippen LogP contribution in [0.2, 0.25) is 0 Å². The van der Waals surface area contributed by atoms with Crippen molar-refractivity contribution in [2.45, 2.75) is 72.5 Å². The zero-order chi connectivity index (χ0) is 17.1. The second-order valence-electron chi connectivity index (χ2n) is 7.01. The fourth-order valence-electron chi connectivity index (χ4n) is 1.65. The molecule has 0 bridgehead atoms. The number of esters is 2. The number of carboxylic acid groups (broad SMARTS) is 1. The number of hydrogen-bond acceptors (Lipinski definition) is 5. The lowest BCUT2D eigenvalue weighted by Crippen LogP contribution is -2.47. The van der Waals surface area contributed by atoms with Crippen LogP contribution in [0.25, 0.3) is 0 Å². The minimum Gasteiger partial charge on any atom is -0.481 e. The molecule has 0 saturated heterocycles. The van der Waals surface area contributed by atoms with Crippen molar-refractivity contribution in [2.75, 3.05) is 0 Å². The van der Waals surface area contributed by atoms with Gasteiger partial charge in [0.2, 0.25) is 0 Å². The van der Waals surface area contributed by atoms with Gasteiger partial charge >= 0.3 is 17.9 Å². The van der Waals surface area contributed by atoms with Crippen LogP contribution in [-0.4, -0.2) is 34.2 Å². The summed E-state index contributed by atoms with van der Waals surface area (Å²) in [6, 6.07) is 0. The molecule has 0 aromatic carbocycles. The molecule has 0 fully saturated rings. The molecule has 0 radical (unpaired) electrons. The minimum atomic E-state index is -1.83. The summed E-state index contributed by atoms with van der Waals surface area (Å²) in [5, 5.41) is 9.06. The van der Waals surface area contributed by atoms with Crippen molar-refractivity contribution in [1.82, 2.24) is 0 Å². The molecule has 0 rings (SSSR count). The van der Waals surface area contributed by atoms with E-state index in [1.54, 1.807) is 48.5 Å². The van der Waals surface area contributed by atoms with E-state index in [0.29, 0.717) is 0 Å². The van der Waals surface area contributed by atoms with E-state index < -0.39 is 40.9 Å². The molecule has 0 unspecified atom stereocenters. The lowest BCUT2D eigenvalue weighted by Gasteiger charge is -2.33. The smallest absolute Gasteiger partial charge is 0.324 e. The Balaban J connectivity index is 5.60. The molecule has 0 aliphatic rings. The van der Waals surface area contributed by atoms with Crippen LogP contribution in [-0.2, 0) is 23.9 Å². The summed E-state index contributed by atoms with van der Waals surface area (Å²) < 4.78 is 10.5. The molecule has 0 atom stereocenters. The first-order valence-electron chi connectivity index (χ1n) is 6.92. The number of carbonyl (C=O) groups is 3. The molecule has 6 nitrogen and oxygen atoms in total. The van der Waals surface area contributed by atoms with Crippen molar-refractivity contribution >= 4 is 17.9 Å². The van der Waals surface area contributed by atoms with Crippen molar-refractivity contribution in [3.63, 3.8) is 0 Å². The van der Waals surface area contributed by atoms with Gasteiger partial charge in [-0.05, 0) is 48.0 Å². The van der Waals surface area contributed by atoms with Crippen molar-refractivity contribution in [1.29, 1.82) is 0 Å². The summed E-state index contributed by atoms with van der Waals surface area (Å²) in [6.07, 6.45) is -0.670. The van der Waals surface area contributed by atoms with E-state index in [0.717, 1.165) is 0 Å². The fourth-order valence-corrected chi connectivity index (χ4v) is 1.65. The van der Waals surface area contributed by atoms with Crippen molar-refractivity contribution in [2.24, 2.45) is 5.41 Å². The van der Waals surface area contributed by atoms with Gasteiger partial charge in [-0.1, -0.05) is 6.92 Å². The summed E-state index contributed by atoms with van der Waals surface area (Å²) in [6.45, 7) is 11.5. The lowest BCUT2D eigenvalue weighted by molar-refractivity contribution is -0.188. The predicted octanol–water partition coefficient (Wildman–Crippen LogP) is 2.54. The molecular weight excluding hydrogens is 276 g/mol. The molecule has 0 saturated carbocycles. The van der Waals surface area contributed by atoms with Gasteiger partial charge in [0.05, 0.1) is 6.42 Å². The normalized spacial score (nSPS) is 12.7. The van der Waals surface area contributed by atoms with Gasteiger partial charge in [-0.3, -0.25) is 14.4 Å². The number of ether oxygens (including phenoxy) is 2. The molecule has 0 aromatic rings. The number of rotatable bonds is 5. The molecule has 0 heterocycles. The van der Waals surface area contributed by atoms with E-state index in [1.807, 2.05) is 0 Å². The maximum absolute atomic E-state index is 12.4. The Morgan fingerprint density at radius 3 is 1.38 bits per heavy atom. The topological polar surface area (TPSA) is 89.9 Å². The van der Waals surface area contributed by atoms with Gasteiger partial charge in [-0.15, -0.1) is 0 Å².